The summed E-state index contributed by atoms with van der Waals surface area (Å²) in [6.45, 7) is -0.0239. The molecule has 0 saturated carbocycles. The van der Waals surface area contributed by atoms with E-state index in [1.54, 1.807) is 36.8 Å². The van der Waals surface area contributed by atoms with Crippen LogP contribution in [-0.4, -0.2) is 51.9 Å². The number of β-lactam (4-membered cyclic amide) rings is 1. The van der Waals surface area contributed by atoms with Crippen molar-refractivity contribution in [3.63, 3.8) is 0 Å². The molecule has 2 amide bonds. The highest BCUT2D eigenvalue weighted by atomic mass is 79.9. The minimum absolute atomic E-state index is 0.0239. The van der Waals surface area contributed by atoms with Gasteiger partial charge in [-0.05, 0) is 50.5 Å². The fraction of sp³-hybridized carbons (Fsp3) is 0.273. The summed E-state index contributed by atoms with van der Waals surface area (Å²) in [5, 5.41) is 5.66. The third-order valence-electron chi connectivity index (χ3n) is 5.21. The molecule has 8 nitrogen and oxygen atoms in total. The number of nitrogens with zero attached hydrogens (tertiary/aromatic N) is 1. The minimum Gasteiger partial charge on any atom is -0.497 e. The quantitative estimate of drug-likeness (QED) is 0.306. The molecule has 1 aromatic heterocycles. The van der Waals surface area contributed by atoms with Gasteiger partial charge in [0.25, 0.3) is 0 Å². The van der Waals surface area contributed by atoms with Crippen LogP contribution >= 0.6 is 39.0 Å². The maximum Gasteiger partial charge on any atom is 0.334 e. The Labute approximate surface area is 206 Å². The van der Waals surface area contributed by atoms with E-state index >= 15 is 0 Å². The lowest BCUT2D eigenvalue weighted by Crippen LogP contribution is -2.74. The van der Waals surface area contributed by atoms with Gasteiger partial charge < -0.3 is 19.7 Å². The highest BCUT2D eigenvalue weighted by Crippen LogP contribution is 2.41. The van der Waals surface area contributed by atoms with E-state index in [1.165, 1.54) is 28.0 Å². The Hall–Kier alpha value is -2.63. The molecule has 0 aliphatic carbocycles. The number of nitrogens with one attached hydrogen (secondary N) is 1. The average molecular weight is 551 g/mol. The Morgan fingerprint density at radius 3 is 2.58 bits per heavy atom. The molecule has 11 heteroatoms. The third-order valence-corrected chi connectivity index (χ3v) is 7.71. The van der Waals surface area contributed by atoms with Crippen LogP contribution in [0.1, 0.15) is 10.4 Å². The highest BCUT2D eigenvalue weighted by Gasteiger charge is 2.57. The topological polar surface area (TPSA) is 102 Å². The van der Waals surface area contributed by atoms with E-state index in [0.29, 0.717) is 5.75 Å². The molecule has 172 valence electrons. The first-order chi connectivity index (χ1) is 15.9. The second kappa shape index (κ2) is 10.1. The van der Waals surface area contributed by atoms with Crippen LogP contribution in [0.25, 0.3) is 0 Å². The van der Waals surface area contributed by atoms with Crippen LogP contribution < -0.4 is 10.1 Å². The lowest BCUT2D eigenvalue weighted by atomic mass is 9.98. The zero-order valence-electron chi connectivity index (χ0n) is 17.4. The molecule has 1 N–H and O–H groups in total. The molecule has 0 radical (unpaired) electrons. The normalized spacial score (nSPS) is 21.4. The lowest BCUT2D eigenvalue weighted by molar-refractivity contribution is -0.164. The van der Waals surface area contributed by atoms with Gasteiger partial charge in [0.15, 0.2) is 6.04 Å². The lowest BCUT2D eigenvalue weighted by Gasteiger charge is -2.51. The summed E-state index contributed by atoms with van der Waals surface area (Å²) in [6, 6.07) is 8.74. The van der Waals surface area contributed by atoms with E-state index < -0.39 is 34.0 Å². The Morgan fingerprint density at radius 2 is 1.94 bits per heavy atom. The summed E-state index contributed by atoms with van der Waals surface area (Å²) in [5.74, 6) is -0.753. The molecule has 0 spiro atoms. The standard InChI is InChI=1S/C22H19BrN2O6S2/c1-30-13-6-4-12(5-7-13)10-31-22(29)18-15(19(23)27)11-33-21-17(20(28)25(18)21)24-16(26)9-14-3-2-8-32-14/h2-8,11,17-18,21H,9-10H2,1H3,(H,24,26)/t17?,18?,21-/m0/s1. The number of ether oxygens (including phenoxy) is 2. The van der Waals surface area contributed by atoms with Crippen LogP contribution in [-0.2, 0) is 36.9 Å². The van der Waals surface area contributed by atoms with Crippen molar-refractivity contribution in [2.24, 2.45) is 0 Å². The number of fused-ring (bicyclic) bond motifs is 1. The number of hydrogen-bond acceptors (Lipinski definition) is 8. The van der Waals surface area contributed by atoms with E-state index in [2.05, 4.69) is 21.2 Å². The summed E-state index contributed by atoms with van der Waals surface area (Å²) in [4.78, 5) is 52.5. The second-order valence-corrected chi connectivity index (χ2v) is 10.0. The molecule has 1 aromatic carbocycles. The van der Waals surface area contributed by atoms with Crippen molar-refractivity contribution in [2.45, 2.75) is 30.5 Å². The van der Waals surface area contributed by atoms with Gasteiger partial charge in [0.2, 0.25) is 16.5 Å². The number of thiophene rings is 1. The number of carbonyl (C=O) groups is 4. The molecule has 2 unspecified atom stereocenters. The van der Waals surface area contributed by atoms with Gasteiger partial charge in [0.1, 0.15) is 23.8 Å². The zero-order chi connectivity index (χ0) is 23.5. The summed E-state index contributed by atoms with van der Waals surface area (Å²) in [5.41, 5.74) is 0.850. The predicted octanol–water partition coefficient (Wildman–Crippen LogP) is 2.62. The van der Waals surface area contributed by atoms with Crippen molar-refractivity contribution in [2.75, 3.05) is 7.11 Å². The number of benzene rings is 1. The smallest absolute Gasteiger partial charge is 0.334 e. The molecular weight excluding hydrogens is 532 g/mol. The number of halogens is 1. The number of esters is 1. The van der Waals surface area contributed by atoms with Crippen molar-refractivity contribution < 1.29 is 28.7 Å². The van der Waals surface area contributed by atoms with E-state index in [9.17, 15) is 19.2 Å². The Balaban J connectivity index is 1.44. The number of carbonyl (C=O) groups excluding carboxylic acids is 4. The fourth-order valence-corrected chi connectivity index (χ4v) is 5.95. The first-order valence-corrected chi connectivity index (χ1v) is 12.5. The van der Waals surface area contributed by atoms with Gasteiger partial charge in [-0.3, -0.25) is 14.4 Å². The molecule has 0 bridgehead atoms. The predicted molar refractivity (Wildman–Crippen MR) is 127 cm³/mol. The minimum atomic E-state index is -1.18. The zero-order valence-corrected chi connectivity index (χ0v) is 20.6. The molecule has 1 fully saturated rings. The Bertz CT molecular complexity index is 1100. The highest BCUT2D eigenvalue weighted by molar-refractivity contribution is 9.18. The van der Waals surface area contributed by atoms with Crippen LogP contribution in [0.3, 0.4) is 0 Å². The molecule has 2 aliphatic rings. The van der Waals surface area contributed by atoms with Gasteiger partial charge in [-0.1, -0.05) is 18.2 Å². The van der Waals surface area contributed by atoms with E-state index in [-0.39, 0.29) is 24.5 Å². The molecule has 33 heavy (non-hydrogen) atoms. The number of rotatable bonds is 8. The maximum absolute atomic E-state index is 12.9. The molecule has 2 aromatic rings. The van der Waals surface area contributed by atoms with Crippen LogP contribution in [0.2, 0.25) is 0 Å². The van der Waals surface area contributed by atoms with Gasteiger partial charge in [-0.2, -0.15) is 0 Å². The average Bonchev–Trinajstić information content (AvgIpc) is 3.33. The molecule has 4 rings (SSSR count). The number of hydrogen-bond donors (Lipinski definition) is 1. The molecule has 3 atom stereocenters. The number of methoxy groups -OCH3 is 1. The van der Waals surface area contributed by atoms with E-state index in [0.717, 1.165) is 10.4 Å². The largest absolute Gasteiger partial charge is 0.497 e. The first-order valence-electron chi connectivity index (χ1n) is 9.88. The summed E-state index contributed by atoms with van der Waals surface area (Å²) in [7, 11) is 1.56. The SMILES string of the molecule is COc1ccc(COC(=O)C2C(C(=O)Br)=CS[C@H]3C(NC(=O)Cc4cccs4)C(=O)N23)cc1. The summed E-state index contributed by atoms with van der Waals surface area (Å²) >= 11 is 5.56. The summed E-state index contributed by atoms with van der Waals surface area (Å²) in [6.07, 6.45) is 0.174. The van der Waals surface area contributed by atoms with Gasteiger partial charge in [-0.25, -0.2) is 4.79 Å². The maximum atomic E-state index is 12.9. The monoisotopic (exact) mass is 550 g/mol. The number of amides is 2. The van der Waals surface area contributed by atoms with Crippen molar-refractivity contribution in [3.05, 3.63) is 63.2 Å². The summed E-state index contributed by atoms with van der Waals surface area (Å²) < 4.78 is 10.0. The van der Waals surface area contributed by atoms with Crippen molar-refractivity contribution in [3.8, 4) is 5.75 Å². The fourth-order valence-electron chi connectivity index (χ4n) is 3.54. The molecule has 1 saturated heterocycles. The Kier molecular flexibility index (Phi) is 7.20. The molecule has 2 aliphatic heterocycles. The molecular formula is C22H19BrN2O6S2. The van der Waals surface area contributed by atoms with Crippen LogP contribution in [0.5, 0.6) is 5.75 Å². The van der Waals surface area contributed by atoms with Gasteiger partial charge >= 0.3 is 5.97 Å². The molecule has 3 heterocycles. The number of thioether (sulfide) groups is 1. The van der Waals surface area contributed by atoms with Gasteiger partial charge in [-0.15, -0.1) is 23.1 Å². The third kappa shape index (κ3) is 4.99. The van der Waals surface area contributed by atoms with Crippen LogP contribution in [0.4, 0.5) is 0 Å². The van der Waals surface area contributed by atoms with Gasteiger partial charge in [0, 0.05) is 10.5 Å². The van der Waals surface area contributed by atoms with Crippen LogP contribution in [0.15, 0.2) is 52.8 Å². The van der Waals surface area contributed by atoms with Crippen molar-refractivity contribution in [1.82, 2.24) is 10.2 Å². The van der Waals surface area contributed by atoms with E-state index in [4.69, 9.17) is 9.47 Å². The first kappa shape index (κ1) is 23.5. The van der Waals surface area contributed by atoms with Crippen molar-refractivity contribution >= 4 is 61.5 Å². The van der Waals surface area contributed by atoms with Crippen molar-refractivity contribution in [1.29, 1.82) is 0 Å². The van der Waals surface area contributed by atoms with Gasteiger partial charge in [0.05, 0.1) is 13.5 Å². The van der Waals surface area contributed by atoms with Crippen LogP contribution in [0, 0.1) is 0 Å². The second-order valence-electron chi connectivity index (χ2n) is 7.28. The van der Waals surface area contributed by atoms with E-state index in [1.807, 2.05) is 17.5 Å². The Morgan fingerprint density at radius 1 is 1.18 bits per heavy atom.